The fourth-order valence-corrected chi connectivity index (χ4v) is 3.66. The largest absolute Gasteiger partial charge is 0.573 e. The maximum Gasteiger partial charge on any atom is 0.573 e. The van der Waals surface area contributed by atoms with Gasteiger partial charge >= 0.3 is 6.36 Å². The van der Waals surface area contributed by atoms with Crippen molar-refractivity contribution in [2.24, 2.45) is 11.1 Å². The van der Waals surface area contributed by atoms with Gasteiger partial charge in [0.25, 0.3) is 0 Å². The minimum atomic E-state index is -4.83. The lowest BCUT2D eigenvalue weighted by molar-refractivity contribution is -0.274. The highest BCUT2D eigenvalue weighted by Gasteiger charge is 2.34. The van der Waals surface area contributed by atoms with Crippen LogP contribution in [0, 0.1) is 5.92 Å². The zero-order valence-electron chi connectivity index (χ0n) is 11.5. The highest BCUT2D eigenvalue weighted by Crippen LogP contribution is 2.35. The van der Waals surface area contributed by atoms with Gasteiger partial charge in [-0.05, 0) is 34.1 Å². The average molecular weight is 417 g/mol. The lowest BCUT2D eigenvalue weighted by Gasteiger charge is -2.18. The Balaban J connectivity index is 2.16. The Hall–Kier alpha value is -1.33. The molecule has 0 spiro atoms. The second-order valence-corrected chi connectivity index (χ2v) is 7.58. The zero-order valence-corrected chi connectivity index (χ0v) is 13.9. The molecule has 2 N–H and O–H groups in total. The lowest BCUT2D eigenvalue weighted by atomic mass is 10.1. The van der Waals surface area contributed by atoms with Crippen LogP contribution in [0.15, 0.2) is 22.7 Å². The molecule has 1 aliphatic rings. The molecule has 0 aliphatic carbocycles. The molecular weight excluding hydrogens is 405 g/mol. The van der Waals surface area contributed by atoms with Gasteiger partial charge in [0.2, 0.25) is 15.9 Å². The molecule has 0 aromatic heterocycles. The summed E-state index contributed by atoms with van der Waals surface area (Å²) in [4.78, 5) is 13.3. The molecule has 1 aromatic carbocycles. The molecule has 2 rings (SSSR count). The van der Waals surface area contributed by atoms with Crippen LogP contribution in [0.5, 0.6) is 5.75 Å². The Morgan fingerprint density at radius 2 is 2.04 bits per heavy atom. The second-order valence-electron chi connectivity index (χ2n) is 5.07. The van der Waals surface area contributed by atoms with Crippen LogP contribution in [0.1, 0.15) is 6.42 Å². The van der Waals surface area contributed by atoms with Crippen LogP contribution in [0.4, 0.5) is 18.9 Å². The number of halogens is 4. The molecule has 11 heteroatoms. The fraction of sp³-hybridized carbons (Fsp3) is 0.417. The number of hydrogen-bond donors (Lipinski definition) is 1. The van der Waals surface area contributed by atoms with Gasteiger partial charge in [-0.25, -0.2) is 13.6 Å². The molecule has 1 aromatic rings. The van der Waals surface area contributed by atoms with Gasteiger partial charge in [0.1, 0.15) is 5.75 Å². The third-order valence-electron chi connectivity index (χ3n) is 3.13. The number of anilines is 1. The maximum atomic E-state index is 12.2. The van der Waals surface area contributed by atoms with Crippen LogP contribution in [0.25, 0.3) is 0 Å². The molecule has 1 heterocycles. The summed E-state index contributed by atoms with van der Waals surface area (Å²) in [7, 11) is -3.70. The normalized spacial score (nSPS) is 19.3. The van der Waals surface area contributed by atoms with Crippen LogP contribution < -0.4 is 14.8 Å². The molecule has 1 aliphatic heterocycles. The molecule has 1 atom stereocenters. The van der Waals surface area contributed by atoms with Crippen LogP contribution in [0.2, 0.25) is 0 Å². The van der Waals surface area contributed by atoms with E-state index in [1.165, 1.54) is 17.0 Å². The minimum Gasteiger partial charge on any atom is -0.405 e. The van der Waals surface area contributed by atoms with Crippen LogP contribution in [0.3, 0.4) is 0 Å². The van der Waals surface area contributed by atoms with E-state index < -0.39 is 28.1 Å². The Kier molecular flexibility index (Phi) is 4.92. The number of amides is 1. The minimum absolute atomic E-state index is 0.00878. The van der Waals surface area contributed by atoms with Crippen molar-refractivity contribution in [3.05, 3.63) is 22.7 Å². The van der Waals surface area contributed by atoms with Crippen LogP contribution >= 0.6 is 15.9 Å². The van der Waals surface area contributed by atoms with Crippen molar-refractivity contribution in [1.29, 1.82) is 0 Å². The Morgan fingerprint density at radius 1 is 1.39 bits per heavy atom. The highest BCUT2D eigenvalue weighted by molar-refractivity contribution is 9.10. The molecule has 0 bridgehead atoms. The third kappa shape index (κ3) is 5.08. The molecule has 0 radical (unpaired) electrons. The first-order valence-electron chi connectivity index (χ1n) is 6.31. The number of hydrogen-bond acceptors (Lipinski definition) is 4. The Morgan fingerprint density at radius 3 is 2.57 bits per heavy atom. The molecular formula is C12H12BrF3N2O4S. The number of nitrogens with two attached hydrogens (primary N) is 1. The summed E-state index contributed by atoms with van der Waals surface area (Å²) in [6, 6.07) is 3.68. The first-order valence-corrected chi connectivity index (χ1v) is 8.81. The summed E-state index contributed by atoms with van der Waals surface area (Å²) in [6.07, 6.45) is -4.82. The molecule has 6 nitrogen and oxygen atoms in total. The van der Waals surface area contributed by atoms with Crippen LogP contribution in [-0.2, 0) is 14.8 Å². The number of carbonyl (C=O) groups is 1. The van der Waals surface area contributed by atoms with E-state index in [-0.39, 0.29) is 29.1 Å². The summed E-state index contributed by atoms with van der Waals surface area (Å²) in [5.74, 6) is -1.54. The van der Waals surface area contributed by atoms with Gasteiger partial charge in [0, 0.05) is 24.6 Å². The zero-order chi connectivity index (χ0) is 17.4. The monoisotopic (exact) mass is 416 g/mol. The quantitative estimate of drug-likeness (QED) is 0.812. The molecule has 128 valence electrons. The van der Waals surface area contributed by atoms with Crippen molar-refractivity contribution >= 4 is 37.5 Å². The van der Waals surface area contributed by atoms with E-state index in [2.05, 4.69) is 20.7 Å². The van der Waals surface area contributed by atoms with E-state index in [0.717, 1.165) is 6.07 Å². The Labute approximate surface area is 138 Å². The number of rotatable bonds is 4. The fourth-order valence-electron chi connectivity index (χ4n) is 2.34. The third-order valence-corrected chi connectivity index (χ3v) is 4.68. The standard InChI is InChI=1S/C12H12BrF3N2O4S/c13-9-4-8(1-2-10(9)22-12(14,15)16)18-5-7(3-11(18)19)6-23(17,20)21/h1-2,4,7H,3,5-6H2,(H2,17,20,21). The van der Waals surface area contributed by atoms with Gasteiger partial charge in [0.05, 0.1) is 10.2 Å². The van der Waals surface area contributed by atoms with Gasteiger partial charge in [0.15, 0.2) is 0 Å². The van der Waals surface area contributed by atoms with Gasteiger partial charge in [-0.2, -0.15) is 0 Å². The van der Waals surface area contributed by atoms with Crippen molar-refractivity contribution < 1.29 is 31.1 Å². The number of ether oxygens (including phenoxy) is 1. The number of benzene rings is 1. The Bertz CT molecular complexity index is 724. The van der Waals surface area contributed by atoms with Crippen molar-refractivity contribution in [3.8, 4) is 5.75 Å². The topological polar surface area (TPSA) is 89.7 Å². The second kappa shape index (κ2) is 6.29. The number of primary sulfonamides is 1. The van der Waals surface area contributed by atoms with Crippen LogP contribution in [-0.4, -0.2) is 33.0 Å². The van der Waals surface area contributed by atoms with E-state index in [1.807, 2.05) is 0 Å². The van der Waals surface area contributed by atoms with E-state index in [1.54, 1.807) is 0 Å². The molecule has 23 heavy (non-hydrogen) atoms. The number of nitrogens with zero attached hydrogens (tertiary/aromatic N) is 1. The predicted octanol–water partition coefficient (Wildman–Crippen LogP) is 1.99. The van der Waals surface area contributed by atoms with Crippen molar-refractivity contribution in [3.63, 3.8) is 0 Å². The van der Waals surface area contributed by atoms with Crippen molar-refractivity contribution in [2.45, 2.75) is 12.8 Å². The molecule has 1 fully saturated rings. The number of carbonyl (C=O) groups excluding carboxylic acids is 1. The smallest absolute Gasteiger partial charge is 0.405 e. The summed E-state index contributed by atoms with van der Waals surface area (Å²) in [6.45, 7) is 0.126. The van der Waals surface area contributed by atoms with E-state index in [4.69, 9.17) is 5.14 Å². The van der Waals surface area contributed by atoms with Crippen molar-refractivity contribution in [1.82, 2.24) is 0 Å². The maximum absolute atomic E-state index is 12.2. The van der Waals surface area contributed by atoms with Gasteiger partial charge in [-0.15, -0.1) is 13.2 Å². The molecule has 1 amide bonds. The number of alkyl halides is 3. The van der Waals surface area contributed by atoms with Gasteiger partial charge < -0.3 is 9.64 Å². The summed E-state index contributed by atoms with van der Waals surface area (Å²) in [5, 5.41) is 4.96. The average Bonchev–Trinajstić information content (AvgIpc) is 2.68. The predicted molar refractivity (Wildman–Crippen MR) is 79.3 cm³/mol. The SMILES string of the molecule is NS(=O)(=O)CC1CC(=O)N(c2ccc(OC(F)(F)F)c(Br)c2)C1. The molecule has 1 unspecified atom stereocenters. The summed E-state index contributed by atoms with van der Waals surface area (Å²) >= 11 is 2.95. The first-order chi connectivity index (χ1) is 10.4. The summed E-state index contributed by atoms with van der Waals surface area (Å²) in [5.41, 5.74) is 0.341. The summed E-state index contributed by atoms with van der Waals surface area (Å²) < 4.78 is 62.7. The molecule has 1 saturated heterocycles. The van der Waals surface area contributed by atoms with E-state index in [9.17, 15) is 26.4 Å². The first kappa shape index (κ1) is 18.0. The lowest BCUT2D eigenvalue weighted by Crippen LogP contribution is -2.27. The van der Waals surface area contributed by atoms with Gasteiger partial charge in [-0.3, -0.25) is 4.79 Å². The van der Waals surface area contributed by atoms with E-state index >= 15 is 0 Å². The van der Waals surface area contributed by atoms with Crippen molar-refractivity contribution in [2.75, 3.05) is 17.2 Å². The molecule has 0 saturated carbocycles. The number of sulfonamides is 1. The van der Waals surface area contributed by atoms with E-state index in [0.29, 0.717) is 5.69 Å². The highest BCUT2D eigenvalue weighted by atomic mass is 79.9. The van der Waals surface area contributed by atoms with Gasteiger partial charge in [-0.1, -0.05) is 0 Å².